The van der Waals surface area contributed by atoms with Crippen LogP contribution < -0.4 is 15.5 Å². The minimum absolute atomic E-state index is 0.109. The number of aryl methyl sites for hydroxylation is 1. The number of nitrogens with zero attached hydrogens (tertiary/aromatic N) is 4. The van der Waals surface area contributed by atoms with Crippen molar-refractivity contribution in [2.24, 2.45) is 0 Å². The Balaban J connectivity index is 1.58. The number of aromatic nitrogens is 3. The second kappa shape index (κ2) is 7.41. The molecule has 1 aliphatic heterocycles. The second-order valence-electron chi connectivity index (χ2n) is 6.41. The molecular formula is C20H20N6O. The number of anilines is 5. The molecule has 2 aromatic carbocycles. The topological polar surface area (TPSA) is 83.0 Å². The zero-order valence-corrected chi connectivity index (χ0v) is 15.0. The first-order valence-corrected chi connectivity index (χ1v) is 8.89. The Hall–Kier alpha value is -3.48. The number of amides is 1. The fourth-order valence-electron chi connectivity index (χ4n) is 3.24. The SMILES string of the molecule is CC(=O)Nc1cccc(Nc2cnnc(N3CCCc4ccccc43)n2)c1. The summed E-state index contributed by atoms with van der Waals surface area (Å²) in [6.07, 6.45) is 3.70. The molecule has 3 aromatic rings. The van der Waals surface area contributed by atoms with E-state index < -0.39 is 0 Å². The van der Waals surface area contributed by atoms with Gasteiger partial charge in [0.1, 0.15) is 0 Å². The van der Waals surface area contributed by atoms with Gasteiger partial charge in [-0.15, -0.1) is 5.10 Å². The average molecular weight is 360 g/mol. The number of benzene rings is 2. The van der Waals surface area contributed by atoms with Gasteiger partial charge in [-0.1, -0.05) is 24.3 Å². The number of rotatable bonds is 4. The molecule has 2 heterocycles. The van der Waals surface area contributed by atoms with E-state index in [2.05, 4.69) is 48.9 Å². The lowest BCUT2D eigenvalue weighted by Gasteiger charge is -2.29. The summed E-state index contributed by atoms with van der Waals surface area (Å²) in [6.45, 7) is 2.34. The predicted octanol–water partition coefficient (Wildman–Crippen LogP) is 3.66. The van der Waals surface area contributed by atoms with Gasteiger partial charge in [-0.25, -0.2) is 0 Å². The number of fused-ring (bicyclic) bond motifs is 1. The number of carbonyl (C=O) groups is 1. The number of para-hydroxylation sites is 1. The van der Waals surface area contributed by atoms with Crippen LogP contribution in [0.25, 0.3) is 0 Å². The summed E-state index contributed by atoms with van der Waals surface area (Å²) >= 11 is 0. The summed E-state index contributed by atoms with van der Waals surface area (Å²) in [6, 6.07) is 15.8. The number of carbonyl (C=O) groups excluding carboxylic acids is 1. The van der Waals surface area contributed by atoms with E-state index in [9.17, 15) is 4.79 Å². The molecular weight excluding hydrogens is 340 g/mol. The Kier molecular flexibility index (Phi) is 4.65. The maximum Gasteiger partial charge on any atom is 0.251 e. The summed E-state index contributed by atoms with van der Waals surface area (Å²) in [5.74, 6) is 1.06. The normalized spacial score (nSPS) is 13.0. The minimum atomic E-state index is -0.109. The van der Waals surface area contributed by atoms with Gasteiger partial charge >= 0.3 is 0 Å². The summed E-state index contributed by atoms with van der Waals surface area (Å²) < 4.78 is 0. The molecule has 1 aliphatic rings. The first-order chi connectivity index (χ1) is 13.2. The maximum atomic E-state index is 11.2. The van der Waals surface area contributed by atoms with Crippen molar-refractivity contribution < 1.29 is 4.79 Å². The van der Waals surface area contributed by atoms with Crippen molar-refractivity contribution in [3.8, 4) is 0 Å². The van der Waals surface area contributed by atoms with Gasteiger partial charge in [0.25, 0.3) is 5.95 Å². The van der Waals surface area contributed by atoms with Gasteiger partial charge in [0.15, 0.2) is 5.82 Å². The summed E-state index contributed by atoms with van der Waals surface area (Å²) in [5.41, 5.74) is 3.97. The average Bonchev–Trinajstić information content (AvgIpc) is 2.67. The van der Waals surface area contributed by atoms with E-state index in [1.54, 1.807) is 6.20 Å². The van der Waals surface area contributed by atoms with Gasteiger partial charge < -0.3 is 15.5 Å². The summed E-state index contributed by atoms with van der Waals surface area (Å²) in [5, 5.41) is 14.3. The van der Waals surface area contributed by atoms with E-state index in [0.717, 1.165) is 36.4 Å². The highest BCUT2D eigenvalue weighted by molar-refractivity contribution is 5.89. The second-order valence-corrected chi connectivity index (χ2v) is 6.41. The molecule has 0 spiro atoms. The fraction of sp³-hybridized carbons (Fsp3) is 0.200. The van der Waals surface area contributed by atoms with Crippen LogP contribution in [-0.2, 0) is 11.2 Å². The van der Waals surface area contributed by atoms with Crippen molar-refractivity contribution >= 4 is 34.7 Å². The molecule has 1 amide bonds. The largest absolute Gasteiger partial charge is 0.339 e. The van der Waals surface area contributed by atoms with Crippen LogP contribution in [-0.4, -0.2) is 27.6 Å². The first kappa shape index (κ1) is 17.0. The molecule has 136 valence electrons. The van der Waals surface area contributed by atoms with Crippen LogP contribution >= 0.6 is 0 Å². The van der Waals surface area contributed by atoms with Crippen molar-refractivity contribution in [2.45, 2.75) is 19.8 Å². The van der Waals surface area contributed by atoms with Crippen LogP contribution in [0.5, 0.6) is 0 Å². The molecule has 1 aromatic heterocycles. The third-order valence-electron chi connectivity index (χ3n) is 4.35. The monoisotopic (exact) mass is 360 g/mol. The quantitative estimate of drug-likeness (QED) is 0.739. The van der Waals surface area contributed by atoms with E-state index in [1.807, 2.05) is 30.3 Å². The summed E-state index contributed by atoms with van der Waals surface area (Å²) in [7, 11) is 0. The highest BCUT2D eigenvalue weighted by Gasteiger charge is 2.20. The Morgan fingerprint density at radius 3 is 2.85 bits per heavy atom. The minimum Gasteiger partial charge on any atom is -0.339 e. The van der Waals surface area contributed by atoms with E-state index in [4.69, 9.17) is 0 Å². The van der Waals surface area contributed by atoms with E-state index in [-0.39, 0.29) is 5.91 Å². The van der Waals surface area contributed by atoms with Crippen LogP contribution in [0.4, 0.5) is 28.8 Å². The molecule has 0 bridgehead atoms. The molecule has 0 radical (unpaired) electrons. The molecule has 0 fully saturated rings. The van der Waals surface area contributed by atoms with Gasteiger partial charge in [-0.05, 0) is 42.7 Å². The van der Waals surface area contributed by atoms with Gasteiger partial charge in [0.2, 0.25) is 5.91 Å². The van der Waals surface area contributed by atoms with Crippen LogP contribution in [0.15, 0.2) is 54.7 Å². The van der Waals surface area contributed by atoms with Crippen LogP contribution in [0.1, 0.15) is 18.9 Å². The van der Waals surface area contributed by atoms with Crippen LogP contribution in [0, 0.1) is 0 Å². The van der Waals surface area contributed by atoms with Crippen molar-refractivity contribution in [3.05, 3.63) is 60.3 Å². The molecule has 7 nitrogen and oxygen atoms in total. The molecule has 27 heavy (non-hydrogen) atoms. The van der Waals surface area contributed by atoms with Crippen molar-refractivity contribution in [1.82, 2.24) is 15.2 Å². The predicted molar refractivity (Wildman–Crippen MR) is 106 cm³/mol. The smallest absolute Gasteiger partial charge is 0.251 e. The van der Waals surface area contributed by atoms with Crippen molar-refractivity contribution in [3.63, 3.8) is 0 Å². The van der Waals surface area contributed by atoms with Gasteiger partial charge in [0.05, 0.1) is 6.20 Å². The standard InChI is InChI=1S/C20H20N6O/c1-14(27)22-16-8-4-9-17(12-16)23-19-13-21-25-20(24-19)26-11-5-7-15-6-2-3-10-18(15)26/h2-4,6,8-10,12-13H,5,7,11H2,1H3,(H,22,27)(H,23,24,25). The Morgan fingerprint density at radius 2 is 1.96 bits per heavy atom. The van der Waals surface area contributed by atoms with Crippen LogP contribution in [0.3, 0.4) is 0 Å². The molecule has 2 N–H and O–H groups in total. The number of nitrogens with one attached hydrogen (secondary N) is 2. The molecule has 0 atom stereocenters. The lowest BCUT2D eigenvalue weighted by atomic mass is 10.0. The summed E-state index contributed by atoms with van der Waals surface area (Å²) in [4.78, 5) is 18.0. The Labute approximate surface area is 157 Å². The highest BCUT2D eigenvalue weighted by Crippen LogP contribution is 2.31. The van der Waals surface area contributed by atoms with E-state index in [0.29, 0.717) is 11.8 Å². The van der Waals surface area contributed by atoms with Gasteiger partial charge in [-0.2, -0.15) is 10.1 Å². The Bertz CT molecular complexity index is 974. The highest BCUT2D eigenvalue weighted by atomic mass is 16.1. The lowest BCUT2D eigenvalue weighted by Crippen LogP contribution is -2.26. The molecule has 0 unspecified atom stereocenters. The van der Waals surface area contributed by atoms with Crippen LogP contribution in [0.2, 0.25) is 0 Å². The molecule has 0 saturated carbocycles. The van der Waals surface area contributed by atoms with Gasteiger partial charge in [0, 0.05) is 30.5 Å². The third kappa shape index (κ3) is 3.87. The molecule has 7 heteroatoms. The fourth-order valence-corrected chi connectivity index (χ4v) is 3.24. The zero-order valence-electron chi connectivity index (χ0n) is 15.0. The van der Waals surface area contributed by atoms with E-state index >= 15 is 0 Å². The number of hydrogen-bond acceptors (Lipinski definition) is 6. The lowest BCUT2D eigenvalue weighted by molar-refractivity contribution is -0.114. The van der Waals surface area contributed by atoms with Crippen molar-refractivity contribution in [1.29, 1.82) is 0 Å². The first-order valence-electron chi connectivity index (χ1n) is 8.89. The van der Waals surface area contributed by atoms with Gasteiger partial charge in [-0.3, -0.25) is 4.79 Å². The third-order valence-corrected chi connectivity index (χ3v) is 4.35. The van der Waals surface area contributed by atoms with E-state index in [1.165, 1.54) is 12.5 Å². The molecule has 0 aliphatic carbocycles. The zero-order chi connectivity index (χ0) is 18.6. The maximum absolute atomic E-state index is 11.2. The Morgan fingerprint density at radius 1 is 1.11 bits per heavy atom. The number of hydrogen-bond donors (Lipinski definition) is 2. The van der Waals surface area contributed by atoms with Crippen molar-refractivity contribution in [2.75, 3.05) is 22.1 Å². The molecule has 0 saturated heterocycles. The molecule has 4 rings (SSSR count).